The Balaban J connectivity index is 1.57. The van der Waals surface area contributed by atoms with Crippen LogP contribution in [0.3, 0.4) is 0 Å². The van der Waals surface area contributed by atoms with Crippen LogP contribution in [-0.4, -0.2) is 40.4 Å². The van der Waals surface area contributed by atoms with E-state index in [1.54, 1.807) is 12.1 Å². The Morgan fingerprint density at radius 3 is 2.36 bits per heavy atom. The van der Waals surface area contributed by atoms with E-state index in [9.17, 15) is 24.2 Å². The van der Waals surface area contributed by atoms with Crippen molar-refractivity contribution in [3.63, 3.8) is 0 Å². The predicted octanol–water partition coefficient (Wildman–Crippen LogP) is 7.04. The Bertz CT molecular complexity index is 1350. The lowest BCUT2D eigenvalue weighted by Gasteiger charge is -2.69. The van der Waals surface area contributed by atoms with Crippen LogP contribution in [0.25, 0.3) is 0 Å². The molecule has 0 bridgehead atoms. The molecule has 248 valence electrons. The number of hydrogen-bond donors (Lipinski definition) is 3. The molecule has 6 nitrogen and oxygen atoms in total. The molecule has 1 amide bonds. The molecule has 10 atom stereocenters. The van der Waals surface area contributed by atoms with Crippen molar-refractivity contribution in [1.82, 2.24) is 5.32 Å². The minimum Gasteiger partial charge on any atom is -0.458 e. The SMILES string of the molecule is CC(=O)O[C@H]1C[C@@]2(C)[C@@H](C[C@@H](O)[C@H]3[C@@]4(C)CC[C@@H](O)[C@@H](C)[C@@H]4CC[C@@]32C)/C1=C(\CCC=C(C)C)C(=O)NCc1ccc(F)cc1. The van der Waals surface area contributed by atoms with Gasteiger partial charge in [0.1, 0.15) is 11.9 Å². The molecule has 0 aliphatic heterocycles. The maximum atomic E-state index is 14.1. The second kappa shape index (κ2) is 12.6. The molecule has 0 heterocycles. The van der Waals surface area contributed by atoms with Gasteiger partial charge in [0.2, 0.25) is 5.91 Å². The molecule has 1 aromatic rings. The number of allylic oxidation sites excluding steroid dienone is 2. The summed E-state index contributed by atoms with van der Waals surface area (Å²) >= 11 is 0. The van der Waals surface area contributed by atoms with Crippen LogP contribution < -0.4 is 5.32 Å². The second-order valence-corrected chi connectivity index (χ2v) is 15.6. The van der Waals surface area contributed by atoms with Crippen LogP contribution in [0.5, 0.6) is 0 Å². The van der Waals surface area contributed by atoms with E-state index < -0.39 is 12.2 Å². The molecule has 4 saturated carbocycles. The third kappa shape index (κ3) is 5.93. The van der Waals surface area contributed by atoms with Gasteiger partial charge in [0.15, 0.2) is 0 Å². The number of halogens is 1. The van der Waals surface area contributed by atoms with Crippen LogP contribution in [0.15, 0.2) is 47.1 Å². The van der Waals surface area contributed by atoms with Gasteiger partial charge in [0.25, 0.3) is 0 Å². The maximum Gasteiger partial charge on any atom is 0.303 e. The third-order valence-electron chi connectivity index (χ3n) is 13.0. The summed E-state index contributed by atoms with van der Waals surface area (Å²) in [5, 5.41) is 26.0. The average Bonchev–Trinajstić information content (AvgIpc) is 3.23. The summed E-state index contributed by atoms with van der Waals surface area (Å²) in [6.07, 6.45) is 6.53. The quantitative estimate of drug-likeness (QED) is 0.172. The topological polar surface area (TPSA) is 95.9 Å². The number of nitrogens with one attached hydrogen (secondary N) is 1. The van der Waals surface area contributed by atoms with E-state index >= 15 is 0 Å². The molecule has 5 rings (SSSR count). The molecule has 0 spiro atoms. The van der Waals surface area contributed by atoms with E-state index in [4.69, 9.17) is 4.74 Å². The van der Waals surface area contributed by atoms with Crippen molar-refractivity contribution in [3.8, 4) is 0 Å². The summed E-state index contributed by atoms with van der Waals surface area (Å²) in [6, 6.07) is 6.11. The number of amides is 1. The van der Waals surface area contributed by atoms with Crippen molar-refractivity contribution in [2.45, 2.75) is 125 Å². The van der Waals surface area contributed by atoms with Gasteiger partial charge >= 0.3 is 5.97 Å². The number of hydrogen-bond acceptors (Lipinski definition) is 5. The van der Waals surface area contributed by atoms with E-state index in [0.29, 0.717) is 37.2 Å². The zero-order valence-electron chi connectivity index (χ0n) is 28.3. The van der Waals surface area contributed by atoms with Crippen molar-refractivity contribution in [3.05, 3.63) is 58.4 Å². The fourth-order valence-corrected chi connectivity index (χ4v) is 10.7. The zero-order valence-corrected chi connectivity index (χ0v) is 28.3. The van der Waals surface area contributed by atoms with Crippen molar-refractivity contribution in [2.24, 2.45) is 39.9 Å². The fourth-order valence-electron chi connectivity index (χ4n) is 10.7. The standard InChI is InChI=1S/C38H54FNO5/c1-22(2)9-8-10-27(35(44)40-21-25-11-13-26(39)14-12-25)33-29-19-31(43)34-36(5)17-16-30(42)23(3)28(36)15-18-37(34,6)38(29,7)20-32(33)45-24(4)41/h9,11-14,23,28-32,34,42-43H,8,10,15-21H2,1-7H3,(H,40,44)/b33-27-/t23-,28-,29-,30+,31+,32-,34-,36-,37-,38-/m0/s1. The molecule has 7 heteroatoms. The van der Waals surface area contributed by atoms with Crippen molar-refractivity contribution < 1.29 is 28.9 Å². The Kier molecular flexibility index (Phi) is 9.47. The number of carbonyl (C=O) groups is 2. The highest BCUT2D eigenvalue weighted by Crippen LogP contribution is 2.74. The Hall–Kier alpha value is -2.51. The first kappa shape index (κ1) is 33.8. The molecule has 4 aliphatic carbocycles. The Morgan fingerprint density at radius 1 is 1.02 bits per heavy atom. The molecule has 0 saturated heterocycles. The molecule has 4 fully saturated rings. The minimum atomic E-state index is -0.573. The smallest absolute Gasteiger partial charge is 0.303 e. The van der Waals surface area contributed by atoms with E-state index in [0.717, 1.165) is 36.8 Å². The Labute approximate surface area is 268 Å². The van der Waals surface area contributed by atoms with Crippen molar-refractivity contribution in [2.75, 3.05) is 0 Å². The highest BCUT2D eigenvalue weighted by atomic mass is 19.1. The number of esters is 1. The summed E-state index contributed by atoms with van der Waals surface area (Å²) in [4.78, 5) is 26.7. The number of fused-ring (bicyclic) bond motifs is 5. The monoisotopic (exact) mass is 623 g/mol. The molecule has 0 radical (unpaired) electrons. The van der Waals surface area contributed by atoms with E-state index in [-0.39, 0.29) is 64.3 Å². The molecular weight excluding hydrogens is 569 g/mol. The molecular formula is C38H54FNO5. The predicted molar refractivity (Wildman–Crippen MR) is 173 cm³/mol. The molecule has 4 aliphatic rings. The first-order valence-corrected chi connectivity index (χ1v) is 17.0. The van der Waals surface area contributed by atoms with Gasteiger partial charge < -0.3 is 20.3 Å². The largest absolute Gasteiger partial charge is 0.458 e. The van der Waals surface area contributed by atoms with Crippen LogP contribution in [0.1, 0.15) is 105 Å². The minimum absolute atomic E-state index is 0.0405. The van der Waals surface area contributed by atoms with Crippen molar-refractivity contribution >= 4 is 11.9 Å². The number of carbonyl (C=O) groups excluding carboxylic acids is 2. The van der Waals surface area contributed by atoms with Gasteiger partial charge in [0.05, 0.1) is 12.2 Å². The highest BCUT2D eigenvalue weighted by Gasteiger charge is 2.70. The Morgan fingerprint density at radius 2 is 1.71 bits per heavy atom. The van der Waals surface area contributed by atoms with E-state index in [2.05, 4.69) is 39.1 Å². The fraction of sp³-hybridized carbons (Fsp3) is 0.684. The molecule has 45 heavy (non-hydrogen) atoms. The van der Waals surface area contributed by atoms with Crippen LogP contribution in [0.4, 0.5) is 4.39 Å². The van der Waals surface area contributed by atoms with Crippen LogP contribution >= 0.6 is 0 Å². The number of benzene rings is 1. The van der Waals surface area contributed by atoms with Gasteiger partial charge in [-0.1, -0.05) is 51.5 Å². The first-order valence-electron chi connectivity index (χ1n) is 17.0. The third-order valence-corrected chi connectivity index (χ3v) is 13.0. The van der Waals surface area contributed by atoms with Crippen LogP contribution in [0.2, 0.25) is 0 Å². The first-order chi connectivity index (χ1) is 21.1. The van der Waals surface area contributed by atoms with Gasteiger partial charge in [-0.2, -0.15) is 0 Å². The van der Waals surface area contributed by atoms with E-state index in [1.165, 1.54) is 24.6 Å². The van der Waals surface area contributed by atoms with Crippen molar-refractivity contribution in [1.29, 1.82) is 0 Å². The van der Waals surface area contributed by atoms with Crippen LogP contribution in [-0.2, 0) is 20.9 Å². The number of aliphatic hydroxyl groups excluding tert-OH is 2. The summed E-state index contributed by atoms with van der Waals surface area (Å²) < 4.78 is 19.6. The summed E-state index contributed by atoms with van der Waals surface area (Å²) in [6.45, 7) is 14.9. The summed E-state index contributed by atoms with van der Waals surface area (Å²) in [5.41, 5.74) is 2.80. The van der Waals surface area contributed by atoms with Gasteiger partial charge in [-0.05, 0) is 128 Å². The maximum absolute atomic E-state index is 14.1. The number of aliphatic hydroxyl groups is 2. The molecule has 0 unspecified atom stereocenters. The normalized spacial score (nSPS) is 40.0. The van der Waals surface area contributed by atoms with E-state index in [1.807, 2.05) is 13.8 Å². The lowest BCUT2D eigenvalue weighted by atomic mass is 9.36. The highest BCUT2D eigenvalue weighted by molar-refractivity contribution is 5.94. The summed E-state index contributed by atoms with van der Waals surface area (Å²) in [5.74, 6) is -0.458. The van der Waals surface area contributed by atoms with Gasteiger partial charge in [-0.3, -0.25) is 9.59 Å². The van der Waals surface area contributed by atoms with Gasteiger partial charge in [-0.25, -0.2) is 4.39 Å². The molecule has 1 aromatic carbocycles. The molecule has 3 N–H and O–H groups in total. The van der Waals surface area contributed by atoms with Crippen LogP contribution in [0, 0.1) is 45.7 Å². The average molecular weight is 624 g/mol. The lowest BCUT2D eigenvalue weighted by molar-refractivity contribution is -0.234. The van der Waals surface area contributed by atoms with Gasteiger partial charge in [-0.15, -0.1) is 0 Å². The second-order valence-electron chi connectivity index (χ2n) is 15.6. The molecule has 0 aromatic heterocycles. The number of ether oxygens (including phenoxy) is 1. The number of rotatable bonds is 7. The lowest BCUT2D eigenvalue weighted by Crippen LogP contribution is -2.65. The summed E-state index contributed by atoms with van der Waals surface area (Å²) in [7, 11) is 0. The zero-order chi connectivity index (χ0) is 32.9. The van der Waals surface area contributed by atoms with Gasteiger partial charge in [0, 0.05) is 19.0 Å².